The molecule has 5 heteroatoms. The molecule has 0 bridgehead atoms. The number of imidazole rings is 1. The highest BCUT2D eigenvalue weighted by Crippen LogP contribution is 2.30. The molecule has 0 aliphatic heterocycles. The fourth-order valence-electron chi connectivity index (χ4n) is 2.90. The number of aromatic nitrogens is 4. The first-order chi connectivity index (χ1) is 11.8. The average molecular weight is 317 g/mol. The van der Waals surface area contributed by atoms with E-state index in [1.54, 1.807) is 6.20 Å². The van der Waals surface area contributed by atoms with Crippen LogP contribution in [0.3, 0.4) is 0 Å². The van der Waals surface area contributed by atoms with Crippen molar-refractivity contribution in [2.24, 2.45) is 0 Å². The van der Waals surface area contributed by atoms with Crippen LogP contribution in [0.1, 0.15) is 6.99 Å². The number of nitrogens with one attached hydrogen (secondary N) is 2. The summed E-state index contributed by atoms with van der Waals surface area (Å²) in [4.78, 5) is 12.1. The quantitative estimate of drug-likeness (QED) is 0.562. The van der Waals surface area contributed by atoms with Gasteiger partial charge >= 0.3 is 0 Å². The van der Waals surface area contributed by atoms with Crippen molar-refractivity contribution in [2.45, 2.75) is 0 Å². The first kappa shape index (κ1) is 14.3. The molecule has 0 saturated carbocycles. The predicted octanol–water partition coefficient (Wildman–Crippen LogP) is 3.87. The van der Waals surface area contributed by atoms with Crippen molar-refractivity contribution in [1.82, 2.24) is 24.7 Å². The van der Waals surface area contributed by atoms with Crippen molar-refractivity contribution in [1.29, 1.82) is 0 Å². The zero-order valence-electron chi connectivity index (χ0n) is 13.3. The van der Waals surface area contributed by atoms with Crippen molar-refractivity contribution in [2.75, 3.05) is 7.05 Å². The molecule has 0 spiro atoms. The minimum Gasteiger partial charge on any atom is -0.393 e. The summed E-state index contributed by atoms with van der Waals surface area (Å²) in [6, 6.07) is 6.23. The molecular weight excluding hydrogens is 298 g/mol. The molecule has 4 aromatic rings. The second-order valence-electron chi connectivity index (χ2n) is 5.53. The molecule has 2 N–H and O–H groups in total. The van der Waals surface area contributed by atoms with Crippen LogP contribution in [-0.2, 0) is 0 Å². The van der Waals surface area contributed by atoms with E-state index in [0.717, 1.165) is 38.9 Å². The van der Waals surface area contributed by atoms with E-state index in [9.17, 15) is 0 Å². The van der Waals surface area contributed by atoms with E-state index in [-0.39, 0.29) is 1.43 Å². The van der Waals surface area contributed by atoms with Crippen LogP contribution in [-0.4, -0.2) is 26.4 Å². The van der Waals surface area contributed by atoms with Crippen LogP contribution in [0.2, 0.25) is 0 Å². The Balaban J connectivity index is 0.00000182. The predicted molar refractivity (Wildman–Crippen MR) is 99.6 cm³/mol. The maximum atomic E-state index is 4.54. The van der Waals surface area contributed by atoms with Crippen LogP contribution in [0.15, 0.2) is 68.0 Å². The Hall–Kier alpha value is -3.34. The molecule has 0 fully saturated rings. The normalized spacial score (nSPS) is 12.0. The third kappa shape index (κ3) is 2.27. The molecule has 0 aromatic carbocycles. The van der Waals surface area contributed by atoms with E-state index < -0.39 is 0 Å². The Kier molecular flexibility index (Phi) is 3.39. The molecule has 5 nitrogen and oxygen atoms in total. The van der Waals surface area contributed by atoms with E-state index >= 15 is 0 Å². The van der Waals surface area contributed by atoms with Gasteiger partial charge in [0.05, 0.1) is 0 Å². The Bertz CT molecular complexity index is 1070. The fourth-order valence-corrected chi connectivity index (χ4v) is 2.90. The van der Waals surface area contributed by atoms with Gasteiger partial charge in [0.1, 0.15) is 11.3 Å². The van der Waals surface area contributed by atoms with Crippen molar-refractivity contribution in [3.8, 4) is 11.1 Å². The van der Waals surface area contributed by atoms with Gasteiger partial charge in [-0.1, -0.05) is 12.7 Å². The SMILES string of the molecule is C=C/C(=C\NC)c1cnc2[nH]cc(-c3ccc4nccn4c3)c2c1.[HH]. The van der Waals surface area contributed by atoms with Crippen molar-refractivity contribution < 1.29 is 1.43 Å². The molecule has 0 amide bonds. The van der Waals surface area contributed by atoms with Gasteiger partial charge in [-0.15, -0.1) is 0 Å². The first-order valence-electron chi connectivity index (χ1n) is 7.70. The van der Waals surface area contributed by atoms with Crippen LogP contribution >= 0.6 is 0 Å². The maximum absolute atomic E-state index is 4.54. The van der Waals surface area contributed by atoms with Crippen LogP contribution in [0.4, 0.5) is 0 Å². The number of hydrogen-bond donors (Lipinski definition) is 2. The van der Waals surface area contributed by atoms with Crippen LogP contribution in [0.5, 0.6) is 0 Å². The summed E-state index contributed by atoms with van der Waals surface area (Å²) >= 11 is 0. The Morgan fingerprint density at radius 2 is 2.29 bits per heavy atom. The molecular formula is C19H19N5. The lowest BCUT2D eigenvalue weighted by molar-refractivity contribution is 1.11. The number of aromatic amines is 1. The van der Waals surface area contributed by atoms with E-state index in [0.29, 0.717) is 0 Å². The van der Waals surface area contributed by atoms with Crippen LogP contribution in [0.25, 0.3) is 33.4 Å². The summed E-state index contributed by atoms with van der Waals surface area (Å²) in [5.41, 5.74) is 6.06. The van der Waals surface area contributed by atoms with Crippen LogP contribution < -0.4 is 5.32 Å². The number of rotatable bonds is 4. The summed E-state index contributed by atoms with van der Waals surface area (Å²) < 4.78 is 2.02. The lowest BCUT2D eigenvalue weighted by Gasteiger charge is -2.05. The summed E-state index contributed by atoms with van der Waals surface area (Å²) in [5.74, 6) is 0. The van der Waals surface area contributed by atoms with Crippen molar-refractivity contribution in [3.63, 3.8) is 0 Å². The zero-order valence-corrected chi connectivity index (χ0v) is 13.3. The maximum Gasteiger partial charge on any atom is 0.137 e. The molecule has 0 atom stereocenters. The fraction of sp³-hybridized carbons (Fsp3) is 0.0526. The summed E-state index contributed by atoms with van der Waals surface area (Å²) in [5, 5.41) is 4.12. The molecule has 0 radical (unpaired) electrons. The van der Waals surface area contributed by atoms with Gasteiger partial charge in [0.25, 0.3) is 0 Å². The molecule has 0 aliphatic carbocycles. The average Bonchev–Trinajstić information content (AvgIpc) is 3.24. The van der Waals surface area contributed by atoms with Gasteiger partial charge in [0.15, 0.2) is 0 Å². The van der Waals surface area contributed by atoms with E-state index in [1.807, 2.05) is 48.4 Å². The molecule has 0 saturated heterocycles. The monoisotopic (exact) mass is 317 g/mol. The topological polar surface area (TPSA) is 58.0 Å². The summed E-state index contributed by atoms with van der Waals surface area (Å²) in [6.45, 7) is 3.88. The number of H-pyrrole nitrogens is 1. The summed E-state index contributed by atoms with van der Waals surface area (Å²) in [6.07, 6.45) is 13.4. The van der Waals surface area contributed by atoms with Gasteiger partial charge in [0, 0.05) is 67.7 Å². The number of hydrogen-bond acceptors (Lipinski definition) is 3. The minimum atomic E-state index is 0. The summed E-state index contributed by atoms with van der Waals surface area (Å²) in [7, 11) is 1.87. The smallest absolute Gasteiger partial charge is 0.137 e. The number of fused-ring (bicyclic) bond motifs is 2. The molecule has 4 aromatic heterocycles. The Morgan fingerprint density at radius 1 is 1.38 bits per heavy atom. The molecule has 4 rings (SSSR count). The standard InChI is InChI=1S/C19H17N5.H2/c1-3-13(9-20-2)15-8-16-17(11-23-19(16)22-10-15)14-4-5-18-21-6-7-24(18)12-14;/h3-12,20H,1H2,2H3,(H,22,23);1H/b13-9+;. The highest BCUT2D eigenvalue weighted by Gasteiger charge is 2.10. The lowest BCUT2D eigenvalue weighted by atomic mass is 10.0. The molecule has 0 unspecified atom stereocenters. The molecule has 24 heavy (non-hydrogen) atoms. The van der Waals surface area contributed by atoms with Gasteiger partial charge in [0.2, 0.25) is 0 Å². The van der Waals surface area contributed by atoms with Crippen LogP contribution in [0, 0.1) is 0 Å². The number of pyridine rings is 2. The van der Waals surface area contributed by atoms with E-state index in [2.05, 4.69) is 45.2 Å². The highest BCUT2D eigenvalue weighted by molar-refractivity contribution is 5.95. The molecule has 0 aliphatic rings. The first-order valence-corrected chi connectivity index (χ1v) is 7.70. The number of nitrogens with zero attached hydrogens (tertiary/aromatic N) is 3. The van der Waals surface area contributed by atoms with Crippen molar-refractivity contribution in [3.05, 3.63) is 73.6 Å². The van der Waals surface area contributed by atoms with Gasteiger partial charge < -0.3 is 14.7 Å². The third-order valence-electron chi connectivity index (χ3n) is 4.08. The number of allylic oxidation sites excluding steroid dienone is 2. The van der Waals surface area contributed by atoms with Gasteiger partial charge in [-0.25, -0.2) is 9.97 Å². The highest BCUT2D eigenvalue weighted by atomic mass is 15.0. The molecule has 4 heterocycles. The Morgan fingerprint density at radius 3 is 3.12 bits per heavy atom. The van der Waals surface area contributed by atoms with Gasteiger partial charge in [-0.05, 0) is 23.8 Å². The second kappa shape index (κ2) is 5.70. The minimum absolute atomic E-state index is 0. The largest absolute Gasteiger partial charge is 0.393 e. The van der Waals surface area contributed by atoms with Crippen molar-refractivity contribution >= 4 is 22.3 Å². The second-order valence-corrected chi connectivity index (χ2v) is 5.53. The third-order valence-corrected chi connectivity index (χ3v) is 4.08. The van der Waals surface area contributed by atoms with E-state index in [1.165, 1.54) is 0 Å². The van der Waals surface area contributed by atoms with Gasteiger partial charge in [-0.3, -0.25) is 0 Å². The van der Waals surface area contributed by atoms with E-state index in [4.69, 9.17) is 0 Å². The Labute approximate surface area is 140 Å². The van der Waals surface area contributed by atoms with Gasteiger partial charge in [-0.2, -0.15) is 0 Å². The zero-order chi connectivity index (χ0) is 16.5. The molecule has 120 valence electrons. The lowest BCUT2D eigenvalue weighted by Crippen LogP contribution is -1.95.